The van der Waals surface area contributed by atoms with Crippen molar-refractivity contribution in [2.45, 2.75) is 12.3 Å². The molecule has 0 spiro atoms. The van der Waals surface area contributed by atoms with Crippen LogP contribution in [0.4, 0.5) is 0 Å². The van der Waals surface area contributed by atoms with Crippen LogP contribution in [0.3, 0.4) is 0 Å². The minimum absolute atomic E-state index is 0.0516. The first-order valence-corrected chi connectivity index (χ1v) is 15.0. The maximum Gasteiger partial charge on any atom is 0.338 e. The lowest BCUT2D eigenvalue weighted by atomic mass is 9.94. The van der Waals surface area contributed by atoms with E-state index in [9.17, 15) is 24.0 Å². The Balaban J connectivity index is 0.953. The van der Waals surface area contributed by atoms with Crippen molar-refractivity contribution in [1.29, 1.82) is 0 Å². The van der Waals surface area contributed by atoms with Gasteiger partial charge >= 0.3 is 5.97 Å². The number of amides is 2. The van der Waals surface area contributed by atoms with E-state index in [2.05, 4.69) is 4.98 Å². The zero-order valence-electron chi connectivity index (χ0n) is 24.4. The number of benzene rings is 5. The van der Waals surface area contributed by atoms with Gasteiger partial charge in [-0.2, -0.15) is 0 Å². The fraction of sp³-hybridized carbons (Fsp3) is 0.105. The highest BCUT2D eigenvalue weighted by Gasteiger charge is 2.41. The van der Waals surface area contributed by atoms with E-state index in [-0.39, 0.29) is 53.9 Å². The molecule has 8 heteroatoms. The molecule has 0 N–H and O–H groups in total. The minimum Gasteiger partial charge on any atom is -0.462 e. The van der Waals surface area contributed by atoms with Crippen molar-refractivity contribution >= 4 is 61.8 Å². The standard InChI is InChI=1S/C38H24N2O6/c41-34-26-14-12-23(20-29(26)35(42)33(34)31-17-15-25-24-9-2-1-6-21(24)13-16-30(25)39-31)38(45)46-19-5-18-40-36(43)27-10-3-7-22-8-4-11-28(32(22)27)37(40)44/h1-4,6-17,20,33H,5,18-19H2. The van der Waals surface area contributed by atoms with Crippen molar-refractivity contribution in [3.05, 3.63) is 137 Å². The zero-order valence-corrected chi connectivity index (χ0v) is 24.4. The highest BCUT2D eigenvalue weighted by atomic mass is 16.5. The monoisotopic (exact) mass is 604 g/mol. The summed E-state index contributed by atoms with van der Waals surface area (Å²) in [6, 6.07) is 30.4. The van der Waals surface area contributed by atoms with E-state index in [0.717, 1.165) is 21.5 Å². The van der Waals surface area contributed by atoms with Crippen LogP contribution < -0.4 is 0 Å². The Labute approximate surface area is 262 Å². The van der Waals surface area contributed by atoms with Gasteiger partial charge in [0.25, 0.3) is 11.8 Å². The smallest absolute Gasteiger partial charge is 0.338 e. The third-order valence-electron chi connectivity index (χ3n) is 8.84. The first kappa shape index (κ1) is 27.5. The van der Waals surface area contributed by atoms with E-state index >= 15 is 0 Å². The third-order valence-corrected chi connectivity index (χ3v) is 8.84. The van der Waals surface area contributed by atoms with Gasteiger partial charge in [-0.15, -0.1) is 0 Å². The van der Waals surface area contributed by atoms with Gasteiger partial charge in [-0.3, -0.25) is 29.1 Å². The second-order valence-electron chi connectivity index (χ2n) is 11.5. The summed E-state index contributed by atoms with van der Waals surface area (Å²) in [7, 11) is 0. The number of pyridine rings is 1. The predicted octanol–water partition coefficient (Wildman–Crippen LogP) is 6.55. The van der Waals surface area contributed by atoms with Gasteiger partial charge in [0.05, 0.1) is 23.4 Å². The van der Waals surface area contributed by atoms with Gasteiger partial charge in [0, 0.05) is 39.6 Å². The number of carbonyl (C=O) groups is 5. The van der Waals surface area contributed by atoms with E-state index < -0.39 is 17.7 Å². The third kappa shape index (κ3) is 4.22. The molecule has 46 heavy (non-hydrogen) atoms. The summed E-state index contributed by atoms with van der Waals surface area (Å²) in [5, 5.41) is 4.51. The number of rotatable bonds is 6. The Morgan fingerprint density at radius 1 is 0.674 bits per heavy atom. The normalized spacial score (nSPS) is 15.7. The summed E-state index contributed by atoms with van der Waals surface area (Å²) < 4.78 is 5.44. The van der Waals surface area contributed by atoms with Gasteiger partial charge in [-0.25, -0.2) is 4.79 Å². The van der Waals surface area contributed by atoms with Crippen LogP contribution in [0.15, 0.2) is 103 Å². The molecule has 0 fully saturated rings. The van der Waals surface area contributed by atoms with E-state index in [1.807, 2.05) is 54.6 Å². The number of fused-ring (bicyclic) bond motifs is 4. The lowest BCUT2D eigenvalue weighted by Crippen LogP contribution is -2.41. The number of carbonyl (C=O) groups excluding carboxylic acids is 5. The molecule has 0 saturated carbocycles. The lowest BCUT2D eigenvalue weighted by molar-refractivity contribution is 0.0476. The van der Waals surface area contributed by atoms with Gasteiger partial charge in [-0.1, -0.05) is 60.7 Å². The number of ketones is 2. The molecule has 2 aliphatic rings. The van der Waals surface area contributed by atoms with E-state index in [1.165, 1.54) is 23.1 Å². The van der Waals surface area contributed by atoms with Crippen molar-refractivity contribution in [2.24, 2.45) is 0 Å². The average Bonchev–Trinajstić information content (AvgIpc) is 3.34. The summed E-state index contributed by atoms with van der Waals surface area (Å²) >= 11 is 0. The van der Waals surface area contributed by atoms with Gasteiger partial charge in [0.15, 0.2) is 11.6 Å². The molecule has 2 heterocycles. The van der Waals surface area contributed by atoms with Crippen LogP contribution in [0, 0.1) is 0 Å². The molecule has 1 aromatic heterocycles. The number of hydrogen-bond acceptors (Lipinski definition) is 7. The largest absolute Gasteiger partial charge is 0.462 e. The van der Waals surface area contributed by atoms with E-state index in [4.69, 9.17) is 4.74 Å². The summed E-state index contributed by atoms with van der Waals surface area (Å²) in [5.41, 5.74) is 2.50. The highest BCUT2D eigenvalue weighted by molar-refractivity contribution is 6.30. The summed E-state index contributed by atoms with van der Waals surface area (Å²) in [6.45, 7) is 0.0209. The fourth-order valence-electron chi connectivity index (χ4n) is 6.61. The molecule has 2 amide bonds. The number of esters is 1. The molecular formula is C38H24N2O6. The first-order chi connectivity index (χ1) is 22.4. The Bertz CT molecular complexity index is 2290. The molecule has 5 aromatic carbocycles. The lowest BCUT2D eigenvalue weighted by Gasteiger charge is -2.27. The van der Waals surface area contributed by atoms with Gasteiger partial charge < -0.3 is 4.74 Å². The topological polar surface area (TPSA) is 111 Å². The molecule has 8 nitrogen and oxygen atoms in total. The SMILES string of the molecule is O=C(OCCCN1C(=O)c2cccc3cccc(c23)C1=O)c1ccc2c(c1)C(=O)C(c1ccc3c(ccc4ccccc43)n1)C2=O. The maximum absolute atomic E-state index is 13.5. The van der Waals surface area contributed by atoms with Gasteiger partial charge in [-0.05, 0) is 65.0 Å². The van der Waals surface area contributed by atoms with E-state index in [1.54, 1.807) is 30.3 Å². The number of imide groups is 1. The molecule has 1 aliphatic heterocycles. The quantitative estimate of drug-likeness (QED) is 0.0697. The van der Waals surface area contributed by atoms with E-state index in [0.29, 0.717) is 27.7 Å². The van der Waals surface area contributed by atoms with Gasteiger partial charge in [0.1, 0.15) is 5.92 Å². The molecule has 1 aliphatic carbocycles. The summed E-state index contributed by atoms with van der Waals surface area (Å²) in [5.74, 6) is -3.31. The zero-order chi connectivity index (χ0) is 31.5. The van der Waals surface area contributed by atoms with Crippen molar-refractivity contribution in [2.75, 3.05) is 13.2 Å². The minimum atomic E-state index is -1.09. The average molecular weight is 605 g/mol. The van der Waals surface area contributed by atoms with Crippen molar-refractivity contribution < 1.29 is 28.7 Å². The number of nitrogens with zero attached hydrogens (tertiary/aromatic N) is 2. The number of aromatic nitrogens is 1. The molecule has 8 rings (SSSR count). The van der Waals surface area contributed by atoms with Crippen LogP contribution in [-0.2, 0) is 4.74 Å². The molecule has 0 radical (unpaired) electrons. The maximum atomic E-state index is 13.5. The summed E-state index contributed by atoms with van der Waals surface area (Å²) in [6.07, 6.45) is 0.231. The molecule has 6 aromatic rings. The Morgan fingerprint density at radius 3 is 2.17 bits per heavy atom. The molecular weight excluding hydrogens is 580 g/mol. The summed E-state index contributed by atoms with van der Waals surface area (Å²) in [4.78, 5) is 71.9. The number of ether oxygens (including phenoxy) is 1. The first-order valence-electron chi connectivity index (χ1n) is 15.0. The fourth-order valence-corrected chi connectivity index (χ4v) is 6.61. The molecule has 222 valence electrons. The number of Topliss-reactive ketones (excluding diaryl/α,β-unsaturated/α-hetero) is 2. The van der Waals surface area contributed by atoms with Crippen LogP contribution in [0.25, 0.3) is 32.4 Å². The van der Waals surface area contributed by atoms with Crippen molar-refractivity contribution in [1.82, 2.24) is 9.88 Å². The van der Waals surface area contributed by atoms with Gasteiger partial charge in [0.2, 0.25) is 0 Å². The second-order valence-corrected chi connectivity index (χ2v) is 11.5. The Hall–Kier alpha value is -6.02. The molecule has 0 saturated heterocycles. The Kier molecular flexibility index (Phi) is 6.32. The van der Waals surface area contributed by atoms with Crippen molar-refractivity contribution in [3.8, 4) is 0 Å². The van der Waals surface area contributed by atoms with Crippen LogP contribution in [0.2, 0.25) is 0 Å². The van der Waals surface area contributed by atoms with Crippen LogP contribution in [-0.4, -0.2) is 52.4 Å². The van der Waals surface area contributed by atoms with Crippen molar-refractivity contribution in [3.63, 3.8) is 0 Å². The molecule has 1 atom stereocenters. The predicted molar refractivity (Wildman–Crippen MR) is 171 cm³/mol. The number of hydrogen-bond donors (Lipinski definition) is 0. The highest BCUT2D eigenvalue weighted by Crippen LogP contribution is 2.36. The molecule has 0 bridgehead atoms. The van der Waals surface area contributed by atoms with Crippen LogP contribution in [0.5, 0.6) is 0 Å². The van der Waals surface area contributed by atoms with Crippen LogP contribution >= 0.6 is 0 Å². The Morgan fingerprint density at radius 2 is 1.39 bits per heavy atom. The second kappa shape index (κ2) is 10.6. The van der Waals surface area contributed by atoms with Crippen LogP contribution in [0.1, 0.15) is 69.8 Å². The molecule has 1 unspecified atom stereocenters.